The maximum Gasteiger partial charge on any atom is 0.481 e. The maximum atomic E-state index is 12.8. The number of ether oxygens (including phenoxy) is 3. The van der Waals surface area contributed by atoms with Gasteiger partial charge in [0.25, 0.3) is 0 Å². The highest BCUT2D eigenvalue weighted by molar-refractivity contribution is 7.61. The standard InChI is InChI=1S/C50H81N3O16P2/c1-3-5-6-7-8-9-10-11-12-15-18-21-24-27-30-34-45(55)64-38-42(67-46(56)35-31-28-25-22-19-16-13-14-17-20-23-26-29-33-41(54)32-4-2)39-65-70(60,61)69-71(62,63)66-40-43-47(57)48(58)49(68-43)53-37-36-44(51)52-50(53)59/h8-9,11-13,16-17,20,22,25-26,29,36-37,41-43,47-49,54,57-58H,3-7,10,14-15,18-19,21,23-24,27-28,30-35,38-40H2,1-2H3,(H,60,61)(H,62,63)(H2,51,52,59)/b9-8-,12-11-,16-13-,20-17-,25-22-,29-26-/t41?,42-,43-,47-,48-,49-/m1/s1. The molecule has 0 amide bonds. The first-order chi connectivity index (χ1) is 34.1. The van der Waals surface area contributed by atoms with Crippen LogP contribution in [0.15, 0.2) is 90.0 Å². The predicted octanol–water partition coefficient (Wildman–Crippen LogP) is 9.08. The second-order valence-electron chi connectivity index (χ2n) is 17.1. The van der Waals surface area contributed by atoms with E-state index < -0.39 is 83.7 Å². The minimum atomic E-state index is -5.45. The van der Waals surface area contributed by atoms with Gasteiger partial charge in [-0.2, -0.15) is 9.29 Å². The lowest BCUT2D eigenvalue weighted by Crippen LogP contribution is -2.36. The average molecular weight is 1040 g/mol. The van der Waals surface area contributed by atoms with Crippen LogP contribution in [0.5, 0.6) is 0 Å². The molecule has 1 aliphatic heterocycles. The fourth-order valence-corrected chi connectivity index (χ4v) is 9.05. The van der Waals surface area contributed by atoms with Crippen LogP contribution in [0.2, 0.25) is 0 Å². The first kappa shape index (κ1) is 63.3. The topological polar surface area (TPSA) is 286 Å². The van der Waals surface area contributed by atoms with Gasteiger partial charge in [-0.15, -0.1) is 0 Å². The lowest BCUT2D eigenvalue weighted by atomic mass is 10.1. The molecule has 0 bridgehead atoms. The second kappa shape index (κ2) is 37.8. The molecule has 1 aliphatic rings. The quantitative estimate of drug-likeness (QED) is 0.0155. The van der Waals surface area contributed by atoms with Gasteiger partial charge in [-0.05, 0) is 89.5 Å². The predicted molar refractivity (Wildman–Crippen MR) is 271 cm³/mol. The number of carbonyl (C=O) groups is 2. The molecule has 1 aromatic heterocycles. The van der Waals surface area contributed by atoms with E-state index >= 15 is 0 Å². The summed E-state index contributed by atoms with van der Waals surface area (Å²) in [5.41, 5.74) is 4.57. The van der Waals surface area contributed by atoms with E-state index in [1.807, 2.05) is 43.4 Å². The van der Waals surface area contributed by atoms with E-state index in [2.05, 4.69) is 52.7 Å². The summed E-state index contributed by atoms with van der Waals surface area (Å²) in [6.07, 6.45) is 34.8. The van der Waals surface area contributed by atoms with E-state index in [9.17, 15) is 48.6 Å². The number of nitrogens with zero attached hydrogens (tertiary/aromatic N) is 2. The summed E-state index contributed by atoms with van der Waals surface area (Å²) < 4.78 is 56.6. The van der Waals surface area contributed by atoms with E-state index in [0.29, 0.717) is 32.1 Å². The van der Waals surface area contributed by atoms with Gasteiger partial charge >= 0.3 is 33.3 Å². The molecule has 1 aromatic rings. The molecular weight excluding hydrogens is 961 g/mol. The van der Waals surface area contributed by atoms with Crippen molar-refractivity contribution in [1.82, 2.24) is 9.55 Å². The van der Waals surface area contributed by atoms with Crippen LogP contribution in [-0.2, 0) is 46.3 Å². The number of carbonyl (C=O) groups excluding carboxylic acids is 2. The van der Waals surface area contributed by atoms with Crippen molar-refractivity contribution in [3.05, 3.63) is 95.7 Å². The number of anilines is 1. The van der Waals surface area contributed by atoms with Crippen LogP contribution in [0.25, 0.3) is 0 Å². The van der Waals surface area contributed by atoms with Crippen molar-refractivity contribution in [3.8, 4) is 0 Å². The van der Waals surface area contributed by atoms with Crippen LogP contribution >= 0.6 is 15.6 Å². The zero-order valence-corrected chi connectivity index (χ0v) is 43.4. The van der Waals surface area contributed by atoms with E-state index in [4.69, 9.17) is 29.0 Å². The highest BCUT2D eigenvalue weighted by atomic mass is 31.3. The van der Waals surface area contributed by atoms with E-state index in [1.54, 1.807) is 0 Å². The fourth-order valence-electron chi connectivity index (χ4n) is 6.94. The molecular formula is C50H81N3O16P2. The summed E-state index contributed by atoms with van der Waals surface area (Å²) in [5.74, 6) is -1.41. The molecule has 8 atom stereocenters. The smallest absolute Gasteiger partial charge is 0.462 e. The molecule has 71 heavy (non-hydrogen) atoms. The van der Waals surface area contributed by atoms with Gasteiger partial charge in [-0.3, -0.25) is 23.2 Å². The molecule has 7 N–H and O–H groups in total. The van der Waals surface area contributed by atoms with Crippen LogP contribution in [0.4, 0.5) is 5.82 Å². The van der Waals surface area contributed by atoms with Gasteiger partial charge in [-0.1, -0.05) is 125 Å². The number of hydrogen-bond donors (Lipinski definition) is 6. The van der Waals surface area contributed by atoms with Crippen LogP contribution in [0, 0.1) is 0 Å². The number of hydrogen-bond acceptors (Lipinski definition) is 16. The molecule has 402 valence electrons. The van der Waals surface area contributed by atoms with E-state index in [0.717, 1.165) is 81.4 Å². The zero-order valence-electron chi connectivity index (χ0n) is 41.6. The third-order valence-corrected chi connectivity index (χ3v) is 13.4. The first-order valence-corrected chi connectivity index (χ1v) is 28.0. The Labute approximate surface area is 419 Å². The lowest BCUT2D eigenvalue weighted by Gasteiger charge is -2.21. The van der Waals surface area contributed by atoms with Crippen molar-refractivity contribution in [1.29, 1.82) is 0 Å². The van der Waals surface area contributed by atoms with Crippen LogP contribution in [-0.4, -0.2) is 96.9 Å². The second-order valence-corrected chi connectivity index (χ2v) is 20.2. The number of nitrogen functional groups attached to an aromatic ring is 1. The Morgan fingerprint density at radius 1 is 0.732 bits per heavy atom. The molecule has 19 nitrogen and oxygen atoms in total. The van der Waals surface area contributed by atoms with Crippen molar-refractivity contribution in [2.75, 3.05) is 25.6 Å². The maximum absolute atomic E-state index is 12.8. The lowest BCUT2D eigenvalue weighted by molar-refractivity contribution is -0.161. The Kier molecular flexibility index (Phi) is 33.7. The summed E-state index contributed by atoms with van der Waals surface area (Å²) >= 11 is 0. The number of phosphoric acid groups is 2. The average Bonchev–Trinajstić information content (AvgIpc) is 3.60. The Bertz CT molecular complexity index is 1990. The third kappa shape index (κ3) is 30.7. The SMILES string of the molecule is CCCCC/C=C\C/C=C\CCCCCCCC(=O)OC[C@H](COP(=O)(O)OP(=O)(O)OC[C@H]1O[C@@H](n2ccc(N)nc2=O)[C@H](O)[C@@H]1O)OC(=O)CCC/C=C\C/C=C\C/C=C\C/C=C\CC(O)CCC. The van der Waals surface area contributed by atoms with Gasteiger partial charge in [0.15, 0.2) is 12.3 Å². The molecule has 1 saturated heterocycles. The number of aliphatic hydroxyl groups excluding tert-OH is 3. The molecule has 0 saturated carbocycles. The van der Waals surface area contributed by atoms with Crippen molar-refractivity contribution in [2.24, 2.45) is 0 Å². The normalized spacial score (nSPS) is 20.2. The highest BCUT2D eigenvalue weighted by Crippen LogP contribution is 2.60. The molecule has 3 unspecified atom stereocenters. The molecule has 2 heterocycles. The fraction of sp³-hybridized carbons (Fsp3) is 0.640. The first-order valence-electron chi connectivity index (χ1n) is 25.0. The Morgan fingerprint density at radius 2 is 1.28 bits per heavy atom. The number of rotatable bonds is 40. The zero-order chi connectivity index (χ0) is 52.2. The molecule has 0 radical (unpaired) electrons. The number of nitrogens with two attached hydrogens (primary N) is 1. The molecule has 0 aliphatic carbocycles. The number of phosphoric ester groups is 2. The highest BCUT2D eigenvalue weighted by Gasteiger charge is 2.46. The number of allylic oxidation sites excluding steroid dienone is 11. The third-order valence-electron chi connectivity index (χ3n) is 10.8. The Morgan fingerprint density at radius 3 is 1.90 bits per heavy atom. The van der Waals surface area contributed by atoms with Crippen LogP contribution in [0.1, 0.15) is 155 Å². The summed E-state index contributed by atoms with van der Waals surface area (Å²) in [7, 11) is -10.9. The van der Waals surface area contributed by atoms with Crippen molar-refractivity contribution in [2.45, 2.75) is 185 Å². The minimum absolute atomic E-state index is 0.0471. The number of esters is 2. The molecule has 21 heteroatoms. The van der Waals surface area contributed by atoms with Crippen LogP contribution in [0.3, 0.4) is 0 Å². The minimum Gasteiger partial charge on any atom is -0.462 e. The van der Waals surface area contributed by atoms with Gasteiger partial charge < -0.3 is 45.1 Å². The summed E-state index contributed by atoms with van der Waals surface area (Å²) in [5, 5.41) is 30.7. The molecule has 1 fully saturated rings. The van der Waals surface area contributed by atoms with Gasteiger partial charge in [0, 0.05) is 19.0 Å². The van der Waals surface area contributed by atoms with Crippen molar-refractivity contribution in [3.63, 3.8) is 0 Å². The number of aliphatic hydroxyl groups is 3. The summed E-state index contributed by atoms with van der Waals surface area (Å²) in [6, 6.07) is 1.24. The van der Waals surface area contributed by atoms with Gasteiger partial charge in [0.2, 0.25) is 0 Å². The number of aromatic nitrogens is 2. The van der Waals surface area contributed by atoms with E-state index in [1.165, 1.54) is 25.3 Å². The van der Waals surface area contributed by atoms with Gasteiger partial charge in [0.05, 0.1) is 19.3 Å². The number of unbranched alkanes of at least 4 members (excludes halogenated alkanes) is 9. The molecule has 0 aromatic carbocycles. The largest absolute Gasteiger partial charge is 0.481 e. The van der Waals surface area contributed by atoms with Crippen LogP contribution < -0.4 is 11.4 Å². The van der Waals surface area contributed by atoms with Crippen molar-refractivity contribution < 1.29 is 71.4 Å². The van der Waals surface area contributed by atoms with Gasteiger partial charge in [0.1, 0.15) is 30.7 Å². The molecule has 0 spiro atoms. The summed E-state index contributed by atoms with van der Waals surface area (Å²) in [4.78, 5) is 61.8. The van der Waals surface area contributed by atoms with Gasteiger partial charge in [-0.25, -0.2) is 13.9 Å². The van der Waals surface area contributed by atoms with E-state index in [-0.39, 0.29) is 24.8 Å². The Balaban J connectivity index is 1.85. The van der Waals surface area contributed by atoms with Crippen molar-refractivity contribution >= 4 is 33.4 Å². The summed E-state index contributed by atoms with van der Waals surface area (Å²) in [6.45, 7) is 1.85. The molecule has 2 rings (SSSR count). The Hall–Kier alpha value is -3.84. The monoisotopic (exact) mass is 1040 g/mol.